The normalized spacial score (nSPS) is 36.5. The van der Waals surface area contributed by atoms with E-state index in [2.05, 4.69) is 0 Å². The molecule has 4 atom stereocenters. The molecule has 0 aromatic carbocycles. The highest BCUT2D eigenvalue weighted by atomic mass is 16.3. The van der Waals surface area contributed by atoms with E-state index in [0.717, 1.165) is 12.8 Å². The summed E-state index contributed by atoms with van der Waals surface area (Å²) in [4.78, 5) is 0. The van der Waals surface area contributed by atoms with Crippen LogP contribution in [0.4, 0.5) is 0 Å². The molecular weight excluding hydrogens is 172 g/mol. The first kappa shape index (κ1) is 10.9. The van der Waals surface area contributed by atoms with Crippen molar-refractivity contribution >= 4 is 0 Å². The Morgan fingerprint density at radius 1 is 1.08 bits per heavy atom. The largest absolute Gasteiger partial charge is 0.396 e. The second-order valence-corrected chi connectivity index (χ2v) is 3.78. The van der Waals surface area contributed by atoms with Gasteiger partial charge >= 0.3 is 0 Å². The molecule has 4 heteroatoms. The lowest BCUT2D eigenvalue weighted by Crippen LogP contribution is -2.32. The van der Waals surface area contributed by atoms with Gasteiger partial charge in [0, 0.05) is 13.2 Å². The van der Waals surface area contributed by atoms with Crippen molar-refractivity contribution in [2.24, 2.45) is 17.8 Å². The number of rotatable bonds is 4. The van der Waals surface area contributed by atoms with E-state index in [0.29, 0.717) is 0 Å². The van der Waals surface area contributed by atoms with Gasteiger partial charge in [0.15, 0.2) is 0 Å². The molecule has 0 bridgehead atoms. The number of aliphatic hydroxyl groups excluding tert-OH is 4. The van der Waals surface area contributed by atoms with Crippen molar-refractivity contribution in [1.82, 2.24) is 0 Å². The summed E-state index contributed by atoms with van der Waals surface area (Å²) >= 11 is 0. The van der Waals surface area contributed by atoms with E-state index in [1.165, 1.54) is 0 Å². The van der Waals surface area contributed by atoms with Gasteiger partial charge in [-0.2, -0.15) is 0 Å². The molecule has 4 N–H and O–H groups in total. The Morgan fingerprint density at radius 3 is 2.23 bits per heavy atom. The van der Waals surface area contributed by atoms with Crippen molar-refractivity contribution in [3.63, 3.8) is 0 Å². The van der Waals surface area contributed by atoms with Crippen molar-refractivity contribution in [2.75, 3.05) is 19.8 Å². The topological polar surface area (TPSA) is 80.9 Å². The second-order valence-electron chi connectivity index (χ2n) is 3.78. The Morgan fingerprint density at radius 2 is 1.77 bits per heavy atom. The summed E-state index contributed by atoms with van der Waals surface area (Å²) in [6.45, 7) is -0.230. The number of aliphatic hydroxyl groups is 4. The Bertz CT molecular complexity index is 151. The molecule has 0 spiro atoms. The van der Waals surface area contributed by atoms with E-state index in [1.807, 2.05) is 0 Å². The third-order valence-electron chi connectivity index (χ3n) is 3.15. The lowest BCUT2D eigenvalue weighted by atomic mass is 9.87. The molecule has 0 heterocycles. The van der Waals surface area contributed by atoms with Gasteiger partial charge in [0.2, 0.25) is 0 Å². The van der Waals surface area contributed by atoms with Crippen LogP contribution in [0.15, 0.2) is 0 Å². The Kier molecular flexibility index (Phi) is 4.12. The zero-order valence-electron chi connectivity index (χ0n) is 7.63. The predicted octanol–water partition coefficient (Wildman–Crippen LogP) is -1.03. The van der Waals surface area contributed by atoms with Crippen LogP contribution in [0.25, 0.3) is 0 Å². The van der Waals surface area contributed by atoms with Gasteiger partial charge in [-0.25, -0.2) is 0 Å². The molecule has 1 aliphatic rings. The fraction of sp³-hybridized carbons (Fsp3) is 1.00. The molecule has 78 valence electrons. The maximum Gasteiger partial charge on any atom is 0.0802 e. The Labute approximate surface area is 77.8 Å². The van der Waals surface area contributed by atoms with Crippen LogP contribution < -0.4 is 0 Å². The van der Waals surface area contributed by atoms with E-state index in [-0.39, 0.29) is 37.6 Å². The molecule has 0 aromatic heterocycles. The van der Waals surface area contributed by atoms with E-state index < -0.39 is 6.10 Å². The van der Waals surface area contributed by atoms with Crippen LogP contribution in [-0.2, 0) is 0 Å². The van der Waals surface area contributed by atoms with Gasteiger partial charge < -0.3 is 20.4 Å². The van der Waals surface area contributed by atoms with E-state index in [4.69, 9.17) is 15.3 Å². The fourth-order valence-corrected chi connectivity index (χ4v) is 2.31. The van der Waals surface area contributed by atoms with Gasteiger partial charge in [-0.15, -0.1) is 0 Å². The van der Waals surface area contributed by atoms with Crippen molar-refractivity contribution < 1.29 is 20.4 Å². The van der Waals surface area contributed by atoms with Gasteiger partial charge in [-0.05, 0) is 30.6 Å². The summed E-state index contributed by atoms with van der Waals surface area (Å²) in [5, 5.41) is 36.3. The van der Waals surface area contributed by atoms with Gasteiger partial charge in [-0.1, -0.05) is 0 Å². The monoisotopic (exact) mass is 190 g/mol. The van der Waals surface area contributed by atoms with Crippen molar-refractivity contribution in [2.45, 2.75) is 18.9 Å². The first-order valence-electron chi connectivity index (χ1n) is 4.75. The highest BCUT2D eigenvalue weighted by molar-refractivity contribution is 4.87. The smallest absolute Gasteiger partial charge is 0.0802 e. The quantitative estimate of drug-likeness (QED) is 0.457. The zero-order chi connectivity index (χ0) is 9.84. The van der Waals surface area contributed by atoms with Crippen LogP contribution in [0.2, 0.25) is 0 Å². The molecule has 1 fully saturated rings. The van der Waals surface area contributed by atoms with Gasteiger partial charge in [0.25, 0.3) is 0 Å². The third kappa shape index (κ3) is 2.20. The van der Waals surface area contributed by atoms with E-state index >= 15 is 0 Å². The van der Waals surface area contributed by atoms with Crippen LogP contribution in [-0.4, -0.2) is 46.4 Å². The van der Waals surface area contributed by atoms with Crippen molar-refractivity contribution in [3.05, 3.63) is 0 Å². The highest BCUT2D eigenvalue weighted by Gasteiger charge is 2.38. The maximum absolute atomic E-state index is 9.43. The number of hydrogen-bond acceptors (Lipinski definition) is 4. The summed E-state index contributed by atoms with van der Waals surface area (Å²) < 4.78 is 0. The van der Waals surface area contributed by atoms with Gasteiger partial charge in [0.1, 0.15) is 0 Å². The summed E-state index contributed by atoms with van der Waals surface area (Å²) in [5.74, 6) is -0.0458. The second kappa shape index (κ2) is 4.91. The van der Waals surface area contributed by atoms with Crippen molar-refractivity contribution in [1.29, 1.82) is 0 Å². The fourth-order valence-electron chi connectivity index (χ4n) is 2.31. The molecule has 0 amide bonds. The SMILES string of the molecule is OC[C@H]1CC[C@H]([C@H](O)CO)[C@@H]1CO. The summed E-state index contributed by atoms with van der Waals surface area (Å²) in [7, 11) is 0. The standard InChI is InChI=1S/C9H18O4/c10-3-6-1-2-7(8(6)4-11)9(13)5-12/h6-13H,1-5H2/t6-,7+,8-,9-/m1/s1. The minimum atomic E-state index is -0.756. The molecule has 13 heavy (non-hydrogen) atoms. The molecule has 0 unspecified atom stereocenters. The molecule has 0 radical (unpaired) electrons. The molecular formula is C9H18O4. The van der Waals surface area contributed by atoms with E-state index in [9.17, 15) is 5.11 Å². The van der Waals surface area contributed by atoms with Crippen molar-refractivity contribution in [3.8, 4) is 0 Å². The molecule has 1 aliphatic carbocycles. The predicted molar refractivity (Wildman–Crippen MR) is 47.0 cm³/mol. The minimum Gasteiger partial charge on any atom is -0.396 e. The molecule has 0 aromatic rings. The molecule has 4 nitrogen and oxygen atoms in total. The molecule has 1 rings (SSSR count). The number of hydrogen-bond donors (Lipinski definition) is 4. The van der Waals surface area contributed by atoms with E-state index in [1.54, 1.807) is 0 Å². The minimum absolute atomic E-state index is 0.0209. The molecule has 0 aliphatic heterocycles. The first-order valence-corrected chi connectivity index (χ1v) is 4.75. The third-order valence-corrected chi connectivity index (χ3v) is 3.15. The summed E-state index contributed by atoms with van der Waals surface area (Å²) in [6.07, 6.45) is 0.843. The Balaban J connectivity index is 2.56. The van der Waals surface area contributed by atoms with Crippen LogP contribution in [0, 0.1) is 17.8 Å². The van der Waals surface area contributed by atoms with Crippen LogP contribution in [0.5, 0.6) is 0 Å². The zero-order valence-corrected chi connectivity index (χ0v) is 7.63. The summed E-state index contributed by atoms with van der Waals surface area (Å²) in [6, 6.07) is 0. The molecule has 0 saturated heterocycles. The highest BCUT2D eigenvalue weighted by Crippen LogP contribution is 2.38. The average Bonchev–Trinajstić information content (AvgIpc) is 2.58. The van der Waals surface area contributed by atoms with Crippen LogP contribution in [0.3, 0.4) is 0 Å². The van der Waals surface area contributed by atoms with Crippen LogP contribution >= 0.6 is 0 Å². The van der Waals surface area contributed by atoms with Crippen LogP contribution in [0.1, 0.15) is 12.8 Å². The summed E-state index contributed by atoms with van der Waals surface area (Å²) in [5.41, 5.74) is 0. The Hall–Kier alpha value is -0.160. The first-order chi connectivity index (χ1) is 6.24. The average molecular weight is 190 g/mol. The van der Waals surface area contributed by atoms with Gasteiger partial charge in [0.05, 0.1) is 12.7 Å². The van der Waals surface area contributed by atoms with Gasteiger partial charge in [-0.3, -0.25) is 0 Å². The molecule has 1 saturated carbocycles. The lowest BCUT2D eigenvalue weighted by molar-refractivity contribution is 0.00827. The lowest BCUT2D eigenvalue weighted by Gasteiger charge is -2.24. The maximum atomic E-state index is 9.43.